The highest BCUT2D eigenvalue weighted by Gasteiger charge is 2.21. The summed E-state index contributed by atoms with van der Waals surface area (Å²) in [6.07, 6.45) is 1.12. The van der Waals surface area contributed by atoms with Crippen molar-refractivity contribution in [3.63, 3.8) is 0 Å². The van der Waals surface area contributed by atoms with Crippen molar-refractivity contribution < 1.29 is 27.5 Å². The van der Waals surface area contributed by atoms with Crippen LogP contribution in [0.2, 0.25) is 0 Å². The van der Waals surface area contributed by atoms with E-state index in [4.69, 9.17) is 9.47 Å². The number of carbonyl (C=O) groups excluding carboxylic acids is 2. The summed E-state index contributed by atoms with van der Waals surface area (Å²) in [5.41, 5.74) is 1.80. The zero-order valence-electron chi connectivity index (χ0n) is 19.0. The van der Waals surface area contributed by atoms with Gasteiger partial charge in [0.2, 0.25) is 11.8 Å². The minimum Gasteiger partial charge on any atom is -0.486 e. The first-order valence-electron chi connectivity index (χ1n) is 10.8. The van der Waals surface area contributed by atoms with E-state index in [-0.39, 0.29) is 36.5 Å². The molecule has 0 saturated heterocycles. The number of likely N-dealkylation sites (N-methyl/N-ethyl adjacent to an activating group) is 1. The quantitative estimate of drug-likeness (QED) is 0.516. The summed E-state index contributed by atoms with van der Waals surface area (Å²) >= 11 is 0. The number of imidazole rings is 1. The standard InChI is InChI=1S/C23H26N4O6S/c1-3-26(13-22(28)24-16-8-9-19-20(12-16)33-11-10-32-19)23(29)14-27-18-7-5-4-6-17(18)25-21(27)15-34(2,30)31/h4-9,12H,3,10-11,13-15H2,1-2H3,(H,24,28). The van der Waals surface area contributed by atoms with Gasteiger partial charge in [-0.25, -0.2) is 13.4 Å². The molecule has 2 amide bonds. The molecule has 2 aromatic carbocycles. The molecule has 0 spiro atoms. The lowest BCUT2D eigenvalue weighted by atomic mass is 10.2. The molecule has 0 aliphatic carbocycles. The van der Waals surface area contributed by atoms with Crippen molar-refractivity contribution in [3.8, 4) is 11.5 Å². The van der Waals surface area contributed by atoms with Crippen LogP contribution in [-0.2, 0) is 31.7 Å². The van der Waals surface area contributed by atoms with Gasteiger partial charge in [-0.15, -0.1) is 0 Å². The van der Waals surface area contributed by atoms with E-state index in [1.165, 1.54) is 4.90 Å². The number of benzene rings is 2. The molecule has 34 heavy (non-hydrogen) atoms. The minimum atomic E-state index is -3.36. The molecule has 1 N–H and O–H groups in total. The summed E-state index contributed by atoms with van der Waals surface area (Å²) in [7, 11) is -3.36. The fraction of sp³-hybridized carbons (Fsp3) is 0.348. The first-order valence-corrected chi connectivity index (χ1v) is 12.9. The van der Waals surface area contributed by atoms with Crippen LogP contribution in [0.3, 0.4) is 0 Å². The number of hydrogen-bond acceptors (Lipinski definition) is 7. The average molecular weight is 487 g/mol. The largest absolute Gasteiger partial charge is 0.486 e. The van der Waals surface area contributed by atoms with Gasteiger partial charge >= 0.3 is 0 Å². The first-order chi connectivity index (χ1) is 16.2. The van der Waals surface area contributed by atoms with Crippen molar-refractivity contribution in [1.82, 2.24) is 14.5 Å². The Hall–Kier alpha value is -3.60. The van der Waals surface area contributed by atoms with E-state index >= 15 is 0 Å². The van der Waals surface area contributed by atoms with E-state index in [0.29, 0.717) is 48.0 Å². The van der Waals surface area contributed by atoms with Gasteiger partial charge in [-0.1, -0.05) is 12.1 Å². The van der Waals surface area contributed by atoms with E-state index in [9.17, 15) is 18.0 Å². The fourth-order valence-corrected chi connectivity index (χ4v) is 4.44. The van der Waals surface area contributed by atoms with Crippen molar-refractivity contribution in [2.45, 2.75) is 19.2 Å². The molecule has 180 valence electrons. The molecule has 4 rings (SSSR count). The van der Waals surface area contributed by atoms with E-state index in [2.05, 4.69) is 10.3 Å². The second-order valence-electron chi connectivity index (χ2n) is 7.99. The second kappa shape index (κ2) is 9.72. The van der Waals surface area contributed by atoms with Gasteiger partial charge in [-0.05, 0) is 31.2 Å². The molecule has 1 aliphatic rings. The molecule has 11 heteroatoms. The topological polar surface area (TPSA) is 120 Å². The molecule has 10 nitrogen and oxygen atoms in total. The Bertz CT molecular complexity index is 1330. The number of hydrogen-bond donors (Lipinski definition) is 1. The molecule has 0 saturated carbocycles. The second-order valence-corrected chi connectivity index (χ2v) is 10.1. The van der Waals surface area contributed by atoms with Crippen molar-refractivity contribution in [3.05, 3.63) is 48.3 Å². The van der Waals surface area contributed by atoms with Crippen LogP contribution in [0.25, 0.3) is 11.0 Å². The van der Waals surface area contributed by atoms with Crippen molar-refractivity contribution >= 4 is 38.4 Å². The summed E-state index contributed by atoms with van der Waals surface area (Å²) in [4.78, 5) is 31.6. The summed E-state index contributed by atoms with van der Waals surface area (Å²) in [5, 5.41) is 2.78. The van der Waals surface area contributed by atoms with Crippen LogP contribution in [0.4, 0.5) is 5.69 Å². The summed E-state index contributed by atoms with van der Waals surface area (Å²) < 4.78 is 36.4. The normalized spacial score (nSPS) is 13.0. The zero-order valence-corrected chi connectivity index (χ0v) is 19.8. The predicted octanol–water partition coefficient (Wildman–Crippen LogP) is 1.84. The van der Waals surface area contributed by atoms with Gasteiger partial charge in [0.1, 0.15) is 31.3 Å². The van der Waals surface area contributed by atoms with Gasteiger partial charge in [-0.2, -0.15) is 0 Å². The number of fused-ring (bicyclic) bond motifs is 2. The first kappa shape index (κ1) is 23.6. The fourth-order valence-electron chi connectivity index (χ4n) is 3.75. The highest BCUT2D eigenvalue weighted by molar-refractivity contribution is 7.89. The SMILES string of the molecule is CCN(CC(=O)Nc1ccc2c(c1)OCCO2)C(=O)Cn1c(CS(C)(=O)=O)nc2ccccc21. The van der Waals surface area contributed by atoms with Gasteiger partial charge in [0.05, 0.1) is 17.6 Å². The number of amides is 2. The molecule has 0 atom stereocenters. The Morgan fingerprint density at radius 2 is 1.85 bits per heavy atom. The van der Waals surface area contributed by atoms with E-state index in [0.717, 1.165) is 6.26 Å². The molecule has 1 aliphatic heterocycles. The predicted molar refractivity (Wildman–Crippen MR) is 127 cm³/mol. The van der Waals surface area contributed by atoms with Gasteiger partial charge in [-0.3, -0.25) is 9.59 Å². The highest BCUT2D eigenvalue weighted by Crippen LogP contribution is 2.32. The van der Waals surface area contributed by atoms with E-state index < -0.39 is 9.84 Å². The summed E-state index contributed by atoms with van der Waals surface area (Å²) in [5.74, 6) is 0.487. The number of aromatic nitrogens is 2. The number of para-hydroxylation sites is 2. The highest BCUT2D eigenvalue weighted by atomic mass is 32.2. The van der Waals surface area contributed by atoms with Crippen molar-refractivity contribution in [2.24, 2.45) is 0 Å². The number of rotatable bonds is 8. The molecule has 0 fully saturated rings. The Kier molecular flexibility index (Phi) is 6.73. The number of sulfone groups is 1. The molecule has 2 heterocycles. The monoisotopic (exact) mass is 486 g/mol. The summed E-state index contributed by atoms with van der Waals surface area (Å²) in [6, 6.07) is 12.3. The van der Waals surface area contributed by atoms with Gasteiger partial charge in [0.15, 0.2) is 21.3 Å². The van der Waals surface area contributed by atoms with Crippen molar-refractivity contribution in [2.75, 3.05) is 37.9 Å². The van der Waals surface area contributed by atoms with Crippen LogP contribution in [0, 0.1) is 0 Å². The lowest BCUT2D eigenvalue weighted by Crippen LogP contribution is -2.39. The average Bonchev–Trinajstić information content (AvgIpc) is 3.12. The summed E-state index contributed by atoms with van der Waals surface area (Å²) in [6.45, 7) is 2.71. The lowest BCUT2D eigenvalue weighted by molar-refractivity contribution is -0.135. The van der Waals surface area contributed by atoms with Crippen LogP contribution < -0.4 is 14.8 Å². The third kappa shape index (κ3) is 5.48. The Morgan fingerprint density at radius 3 is 2.59 bits per heavy atom. The molecular weight excluding hydrogens is 460 g/mol. The van der Waals surface area contributed by atoms with Crippen molar-refractivity contribution in [1.29, 1.82) is 0 Å². The van der Waals surface area contributed by atoms with Gasteiger partial charge < -0.3 is 24.3 Å². The van der Waals surface area contributed by atoms with Gasteiger partial charge in [0, 0.05) is 24.6 Å². The molecule has 0 unspecified atom stereocenters. The molecule has 1 aromatic heterocycles. The number of carbonyl (C=O) groups is 2. The van der Waals surface area contributed by atoms with Crippen LogP contribution in [-0.4, -0.2) is 67.2 Å². The van der Waals surface area contributed by atoms with Gasteiger partial charge in [0.25, 0.3) is 0 Å². The lowest BCUT2D eigenvalue weighted by Gasteiger charge is -2.22. The smallest absolute Gasteiger partial charge is 0.243 e. The number of ether oxygens (including phenoxy) is 2. The van der Waals surface area contributed by atoms with Crippen LogP contribution in [0.15, 0.2) is 42.5 Å². The Labute approximate surface area is 197 Å². The number of nitrogens with one attached hydrogen (secondary N) is 1. The van der Waals surface area contributed by atoms with E-state index in [1.807, 2.05) is 0 Å². The number of anilines is 1. The molecule has 3 aromatic rings. The Morgan fingerprint density at radius 1 is 1.12 bits per heavy atom. The van der Waals surface area contributed by atoms with Crippen LogP contribution >= 0.6 is 0 Å². The maximum absolute atomic E-state index is 13.1. The van der Waals surface area contributed by atoms with E-state index in [1.54, 1.807) is 54.0 Å². The number of nitrogens with zero attached hydrogens (tertiary/aromatic N) is 3. The molecule has 0 bridgehead atoms. The maximum atomic E-state index is 13.1. The Balaban J connectivity index is 1.47. The molecular formula is C23H26N4O6S. The minimum absolute atomic E-state index is 0.128. The zero-order chi connectivity index (χ0) is 24.3. The third-order valence-corrected chi connectivity index (χ3v) is 6.10. The van der Waals surface area contributed by atoms with Crippen LogP contribution in [0.1, 0.15) is 12.7 Å². The van der Waals surface area contributed by atoms with Crippen LogP contribution in [0.5, 0.6) is 11.5 Å². The molecule has 0 radical (unpaired) electrons. The maximum Gasteiger partial charge on any atom is 0.243 e. The third-order valence-electron chi connectivity index (χ3n) is 5.31.